The number of carboxylic acids is 1. The predicted octanol–water partition coefficient (Wildman–Crippen LogP) is 2.03. The second-order valence-corrected chi connectivity index (χ2v) is 3.99. The molecule has 0 aliphatic heterocycles. The van der Waals surface area contributed by atoms with E-state index in [1.165, 1.54) is 0 Å². The van der Waals surface area contributed by atoms with Crippen molar-refractivity contribution in [3.8, 4) is 0 Å². The summed E-state index contributed by atoms with van der Waals surface area (Å²) in [7, 11) is 0. The van der Waals surface area contributed by atoms with Gasteiger partial charge in [-0.25, -0.2) is 0 Å². The third-order valence-corrected chi connectivity index (χ3v) is 2.33. The molecular weight excluding hydrogens is 278 g/mol. The molecule has 0 aromatic carbocycles. The van der Waals surface area contributed by atoms with Crippen LogP contribution in [0.3, 0.4) is 0 Å². The Morgan fingerprint density at radius 3 is 2.69 bits per heavy atom. The van der Waals surface area contributed by atoms with Gasteiger partial charge in [0.05, 0.1) is 0 Å². The van der Waals surface area contributed by atoms with Crippen molar-refractivity contribution >= 4 is 27.8 Å². The number of nitrogens with one attached hydrogen (secondary N) is 1. The SMILES string of the molecule is O=C(O)CCCCNC(=O)c1ccc(Br)o1. The summed E-state index contributed by atoms with van der Waals surface area (Å²) >= 11 is 3.10. The number of rotatable bonds is 6. The maximum atomic E-state index is 11.4. The minimum Gasteiger partial charge on any atom is -0.481 e. The Morgan fingerprint density at radius 2 is 2.12 bits per heavy atom. The maximum absolute atomic E-state index is 11.4. The molecule has 0 unspecified atom stereocenters. The summed E-state index contributed by atoms with van der Waals surface area (Å²) in [5, 5.41) is 11.0. The summed E-state index contributed by atoms with van der Waals surface area (Å²) in [6.45, 7) is 0.449. The minimum absolute atomic E-state index is 0.127. The number of carbonyl (C=O) groups excluding carboxylic acids is 1. The normalized spacial score (nSPS) is 10.1. The predicted molar refractivity (Wildman–Crippen MR) is 60.2 cm³/mol. The van der Waals surface area contributed by atoms with Gasteiger partial charge < -0.3 is 14.8 Å². The number of furan rings is 1. The van der Waals surface area contributed by atoms with E-state index in [-0.39, 0.29) is 18.1 Å². The van der Waals surface area contributed by atoms with Gasteiger partial charge in [-0.15, -0.1) is 0 Å². The largest absolute Gasteiger partial charge is 0.481 e. The fourth-order valence-electron chi connectivity index (χ4n) is 1.13. The molecule has 1 aromatic rings. The first-order valence-corrected chi connectivity index (χ1v) is 5.64. The Balaban J connectivity index is 2.18. The van der Waals surface area contributed by atoms with Crippen molar-refractivity contribution in [3.05, 3.63) is 22.6 Å². The lowest BCUT2D eigenvalue weighted by Crippen LogP contribution is -2.24. The highest BCUT2D eigenvalue weighted by Crippen LogP contribution is 2.13. The molecule has 6 heteroatoms. The third kappa shape index (κ3) is 4.48. The second kappa shape index (κ2) is 6.32. The van der Waals surface area contributed by atoms with Crippen LogP contribution in [0.15, 0.2) is 21.2 Å². The summed E-state index contributed by atoms with van der Waals surface area (Å²) in [6.07, 6.45) is 1.32. The molecule has 0 saturated heterocycles. The van der Waals surface area contributed by atoms with Crippen molar-refractivity contribution in [1.29, 1.82) is 0 Å². The average Bonchev–Trinajstić information content (AvgIpc) is 2.63. The van der Waals surface area contributed by atoms with Crippen LogP contribution in [0.25, 0.3) is 0 Å². The Kier molecular flexibility index (Phi) is 5.04. The van der Waals surface area contributed by atoms with Gasteiger partial charge in [0.25, 0.3) is 5.91 Å². The van der Waals surface area contributed by atoms with Crippen molar-refractivity contribution in [2.24, 2.45) is 0 Å². The number of hydrogen-bond donors (Lipinski definition) is 2. The Labute approximate surface area is 101 Å². The van der Waals surface area contributed by atoms with Crippen LogP contribution in [-0.2, 0) is 4.79 Å². The molecule has 16 heavy (non-hydrogen) atoms. The molecule has 1 rings (SSSR count). The van der Waals surface area contributed by atoms with Gasteiger partial charge in [0.1, 0.15) is 0 Å². The van der Waals surface area contributed by atoms with Gasteiger partial charge >= 0.3 is 5.97 Å². The summed E-state index contributed by atoms with van der Waals surface area (Å²) in [5.74, 6) is -0.868. The summed E-state index contributed by atoms with van der Waals surface area (Å²) in [4.78, 5) is 21.6. The average molecular weight is 290 g/mol. The number of amides is 1. The molecular formula is C10H12BrNO4. The van der Waals surface area contributed by atoms with Crippen LogP contribution in [0.5, 0.6) is 0 Å². The highest BCUT2D eigenvalue weighted by molar-refractivity contribution is 9.10. The molecule has 5 nitrogen and oxygen atoms in total. The lowest BCUT2D eigenvalue weighted by Gasteiger charge is -2.01. The van der Waals surface area contributed by atoms with Gasteiger partial charge in [0, 0.05) is 13.0 Å². The molecule has 0 aliphatic carbocycles. The first kappa shape index (κ1) is 12.8. The smallest absolute Gasteiger partial charge is 0.303 e. The highest BCUT2D eigenvalue weighted by atomic mass is 79.9. The van der Waals surface area contributed by atoms with Crippen molar-refractivity contribution in [1.82, 2.24) is 5.32 Å². The molecule has 0 atom stereocenters. The van der Waals surface area contributed by atoms with E-state index in [1.807, 2.05) is 0 Å². The maximum Gasteiger partial charge on any atom is 0.303 e. The molecule has 0 bridgehead atoms. The first-order chi connectivity index (χ1) is 7.59. The van der Waals surface area contributed by atoms with Crippen molar-refractivity contribution < 1.29 is 19.1 Å². The zero-order valence-corrected chi connectivity index (χ0v) is 10.1. The molecule has 1 aromatic heterocycles. The van der Waals surface area contributed by atoms with Crippen LogP contribution >= 0.6 is 15.9 Å². The van der Waals surface area contributed by atoms with E-state index in [9.17, 15) is 9.59 Å². The van der Waals surface area contributed by atoms with Gasteiger partial charge in [0.2, 0.25) is 0 Å². The standard InChI is InChI=1S/C10H12BrNO4/c11-8-5-4-7(16-8)10(15)12-6-2-1-3-9(13)14/h4-5H,1-3,6H2,(H,12,15)(H,13,14). The number of halogens is 1. The highest BCUT2D eigenvalue weighted by Gasteiger charge is 2.09. The van der Waals surface area contributed by atoms with E-state index < -0.39 is 5.97 Å². The van der Waals surface area contributed by atoms with Gasteiger partial charge in [-0.3, -0.25) is 9.59 Å². The first-order valence-electron chi connectivity index (χ1n) is 4.85. The monoisotopic (exact) mass is 289 g/mol. The minimum atomic E-state index is -0.818. The number of hydrogen-bond acceptors (Lipinski definition) is 3. The second-order valence-electron chi connectivity index (χ2n) is 3.21. The lowest BCUT2D eigenvalue weighted by molar-refractivity contribution is -0.137. The molecule has 1 amide bonds. The Bertz CT molecular complexity index is 375. The van der Waals surface area contributed by atoms with Crippen LogP contribution < -0.4 is 5.32 Å². The van der Waals surface area contributed by atoms with E-state index in [2.05, 4.69) is 21.2 Å². The number of unbranched alkanes of at least 4 members (excludes halogenated alkanes) is 1. The lowest BCUT2D eigenvalue weighted by atomic mass is 10.2. The molecule has 2 N–H and O–H groups in total. The van der Waals surface area contributed by atoms with E-state index in [1.54, 1.807) is 12.1 Å². The molecule has 0 spiro atoms. The molecule has 1 heterocycles. The summed E-state index contributed by atoms with van der Waals surface area (Å²) in [5.41, 5.74) is 0. The van der Waals surface area contributed by atoms with E-state index >= 15 is 0 Å². The van der Waals surface area contributed by atoms with Crippen molar-refractivity contribution in [2.45, 2.75) is 19.3 Å². The molecule has 0 aliphatic rings. The van der Waals surface area contributed by atoms with Crippen LogP contribution in [0.4, 0.5) is 0 Å². The zero-order valence-electron chi connectivity index (χ0n) is 8.53. The number of carbonyl (C=O) groups is 2. The third-order valence-electron chi connectivity index (χ3n) is 1.90. The van der Waals surface area contributed by atoms with Crippen LogP contribution in [0, 0.1) is 0 Å². The van der Waals surface area contributed by atoms with Crippen LogP contribution in [0.1, 0.15) is 29.8 Å². The van der Waals surface area contributed by atoms with E-state index in [0.29, 0.717) is 24.1 Å². The Hall–Kier alpha value is -1.30. The topological polar surface area (TPSA) is 79.5 Å². The van der Waals surface area contributed by atoms with Gasteiger partial charge in [-0.05, 0) is 40.9 Å². The van der Waals surface area contributed by atoms with Gasteiger partial charge in [0.15, 0.2) is 10.4 Å². The van der Waals surface area contributed by atoms with E-state index in [0.717, 1.165) is 0 Å². The molecule has 88 valence electrons. The summed E-state index contributed by atoms with van der Waals surface area (Å²) in [6, 6.07) is 3.20. The van der Waals surface area contributed by atoms with Crippen molar-refractivity contribution in [2.75, 3.05) is 6.54 Å². The fraction of sp³-hybridized carbons (Fsp3) is 0.400. The van der Waals surface area contributed by atoms with Crippen LogP contribution in [-0.4, -0.2) is 23.5 Å². The van der Waals surface area contributed by atoms with Gasteiger partial charge in [-0.1, -0.05) is 0 Å². The van der Waals surface area contributed by atoms with Gasteiger partial charge in [-0.2, -0.15) is 0 Å². The Morgan fingerprint density at radius 1 is 1.38 bits per heavy atom. The molecule has 0 radical (unpaired) electrons. The quantitative estimate of drug-likeness (QED) is 0.786. The van der Waals surface area contributed by atoms with E-state index in [4.69, 9.17) is 9.52 Å². The number of carboxylic acid groups (broad SMARTS) is 1. The molecule has 0 saturated carbocycles. The fourth-order valence-corrected chi connectivity index (χ4v) is 1.43. The zero-order chi connectivity index (χ0) is 12.0. The molecule has 0 fully saturated rings. The number of aliphatic carboxylic acids is 1. The summed E-state index contributed by atoms with van der Waals surface area (Å²) < 4.78 is 5.55. The van der Waals surface area contributed by atoms with Crippen LogP contribution in [0.2, 0.25) is 0 Å². The van der Waals surface area contributed by atoms with Crippen molar-refractivity contribution in [3.63, 3.8) is 0 Å².